The molecule has 0 saturated heterocycles. The Hall–Kier alpha value is -1.86. The first-order chi connectivity index (χ1) is 10.3. The van der Waals surface area contributed by atoms with Gasteiger partial charge in [-0.05, 0) is 38.0 Å². The van der Waals surface area contributed by atoms with Gasteiger partial charge in [0.05, 0.1) is 10.5 Å². The number of rotatable bonds is 5. The van der Waals surface area contributed by atoms with E-state index in [1.54, 1.807) is 12.1 Å². The van der Waals surface area contributed by atoms with Crippen molar-refractivity contribution in [3.63, 3.8) is 0 Å². The molecule has 7 heteroatoms. The zero-order valence-corrected chi connectivity index (χ0v) is 14.3. The minimum atomic E-state index is -3.75. The number of nitrogens with one attached hydrogen (secondary N) is 1. The van der Waals surface area contributed by atoms with Gasteiger partial charge in [-0.25, -0.2) is 8.42 Å². The van der Waals surface area contributed by atoms with E-state index in [-0.39, 0.29) is 15.5 Å². The van der Waals surface area contributed by atoms with Crippen LogP contribution in [0, 0.1) is 13.8 Å². The van der Waals surface area contributed by atoms with Crippen LogP contribution < -0.4 is 10.5 Å². The van der Waals surface area contributed by atoms with E-state index in [1.165, 1.54) is 23.5 Å². The Bertz CT molecular complexity index is 806. The molecule has 2 aromatic rings. The van der Waals surface area contributed by atoms with Crippen LogP contribution in [0.1, 0.15) is 33.3 Å². The molecule has 0 spiro atoms. The number of primary amides is 1. The summed E-state index contributed by atoms with van der Waals surface area (Å²) in [7, 11) is -3.75. The average molecular weight is 338 g/mol. The van der Waals surface area contributed by atoms with Gasteiger partial charge >= 0.3 is 0 Å². The predicted octanol–water partition coefficient (Wildman–Crippen LogP) is 2.83. The quantitative estimate of drug-likeness (QED) is 0.878. The van der Waals surface area contributed by atoms with E-state index in [0.29, 0.717) is 6.42 Å². The van der Waals surface area contributed by atoms with Crippen molar-refractivity contribution in [3.8, 4) is 0 Å². The van der Waals surface area contributed by atoms with Crippen LogP contribution in [-0.2, 0) is 16.4 Å². The van der Waals surface area contributed by atoms with E-state index >= 15 is 0 Å². The second kappa shape index (κ2) is 6.10. The topological polar surface area (TPSA) is 89.3 Å². The highest BCUT2D eigenvalue weighted by atomic mass is 32.2. The molecule has 1 heterocycles. The Morgan fingerprint density at radius 1 is 1.23 bits per heavy atom. The Kier molecular flexibility index (Phi) is 4.58. The first-order valence-corrected chi connectivity index (χ1v) is 9.07. The molecular weight excluding hydrogens is 320 g/mol. The van der Waals surface area contributed by atoms with Crippen LogP contribution in [0.3, 0.4) is 0 Å². The van der Waals surface area contributed by atoms with Crippen LogP contribution in [0.2, 0.25) is 0 Å². The lowest BCUT2D eigenvalue weighted by Crippen LogP contribution is -2.18. The minimum Gasteiger partial charge on any atom is -0.365 e. The van der Waals surface area contributed by atoms with Crippen molar-refractivity contribution in [2.45, 2.75) is 32.1 Å². The van der Waals surface area contributed by atoms with Gasteiger partial charge in [0, 0.05) is 4.88 Å². The van der Waals surface area contributed by atoms with Crippen molar-refractivity contribution >= 4 is 32.3 Å². The summed E-state index contributed by atoms with van der Waals surface area (Å²) in [5.74, 6) is -0.622. The molecule has 0 bridgehead atoms. The molecule has 0 unspecified atom stereocenters. The third kappa shape index (κ3) is 3.15. The SMILES string of the molecule is CCc1c(C)sc(NS(=O)(=O)c2ccc(C)cc2)c1C(N)=O. The highest BCUT2D eigenvalue weighted by Gasteiger charge is 2.23. The molecule has 0 fully saturated rings. The lowest BCUT2D eigenvalue weighted by atomic mass is 10.1. The summed E-state index contributed by atoms with van der Waals surface area (Å²) in [6.45, 7) is 5.63. The lowest BCUT2D eigenvalue weighted by Gasteiger charge is -2.08. The van der Waals surface area contributed by atoms with Crippen LogP contribution >= 0.6 is 11.3 Å². The largest absolute Gasteiger partial charge is 0.365 e. The first kappa shape index (κ1) is 16.5. The van der Waals surface area contributed by atoms with Crippen molar-refractivity contribution in [2.75, 3.05) is 4.72 Å². The molecule has 0 saturated carbocycles. The van der Waals surface area contributed by atoms with Crippen molar-refractivity contribution in [3.05, 3.63) is 45.8 Å². The third-order valence-corrected chi connectivity index (χ3v) is 5.92. The fourth-order valence-electron chi connectivity index (χ4n) is 2.24. The fourth-order valence-corrected chi connectivity index (χ4v) is 4.69. The van der Waals surface area contributed by atoms with Gasteiger partial charge in [0.25, 0.3) is 15.9 Å². The standard InChI is InChI=1S/C15H18N2O3S2/c1-4-12-10(3)21-15(13(12)14(16)18)17-22(19,20)11-7-5-9(2)6-8-11/h5-8,17H,4H2,1-3H3,(H2,16,18). The molecule has 22 heavy (non-hydrogen) atoms. The van der Waals surface area contributed by atoms with Gasteiger partial charge in [-0.2, -0.15) is 0 Å². The number of carbonyl (C=O) groups excluding carboxylic acids is 1. The summed E-state index contributed by atoms with van der Waals surface area (Å²) in [5, 5.41) is 0.280. The average Bonchev–Trinajstić information content (AvgIpc) is 2.74. The van der Waals surface area contributed by atoms with Crippen molar-refractivity contribution in [1.29, 1.82) is 0 Å². The van der Waals surface area contributed by atoms with Crippen molar-refractivity contribution in [1.82, 2.24) is 0 Å². The van der Waals surface area contributed by atoms with Gasteiger partial charge in [-0.3, -0.25) is 9.52 Å². The summed E-state index contributed by atoms with van der Waals surface area (Å²) in [6.07, 6.45) is 0.618. The van der Waals surface area contributed by atoms with E-state index in [2.05, 4.69) is 4.72 Å². The number of aryl methyl sites for hydroxylation is 2. The molecule has 0 aliphatic carbocycles. The second-order valence-electron chi connectivity index (χ2n) is 4.98. The fraction of sp³-hybridized carbons (Fsp3) is 0.267. The summed E-state index contributed by atoms with van der Waals surface area (Å²) >= 11 is 1.23. The number of sulfonamides is 1. The molecule has 0 aliphatic heterocycles. The van der Waals surface area contributed by atoms with Crippen LogP contribution in [0.15, 0.2) is 29.2 Å². The Morgan fingerprint density at radius 3 is 2.32 bits per heavy atom. The zero-order valence-electron chi connectivity index (χ0n) is 12.6. The number of anilines is 1. The molecule has 0 atom stereocenters. The number of hydrogen-bond donors (Lipinski definition) is 2. The molecular formula is C15H18N2O3S2. The second-order valence-corrected chi connectivity index (χ2v) is 7.88. The number of nitrogens with two attached hydrogens (primary N) is 1. The third-order valence-electron chi connectivity index (χ3n) is 3.37. The van der Waals surface area contributed by atoms with Gasteiger partial charge in [0.2, 0.25) is 0 Å². The predicted molar refractivity (Wildman–Crippen MR) is 88.9 cm³/mol. The molecule has 3 N–H and O–H groups in total. The Balaban J connectivity index is 2.46. The molecule has 1 aromatic carbocycles. The molecule has 5 nitrogen and oxygen atoms in total. The lowest BCUT2D eigenvalue weighted by molar-refractivity contribution is 0.100. The number of benzene rings is 1. The van der Waals surface area contributed by atoms with E-state index < -0.39 is 15.9 Å². The molecule has 0 aliphatic rings. The van der Waals surface area contributed by atoms with Crippen molar-refractivity contribution in [2.24, 2.45) is 5.73 Å². The molecule has 1 aromatic heterocycles. The van der Waals surface area contributed by atoms with Gasteiger partial charge in [0.15, 0.2) is 0 Å². The zero-order chi connectivity index (χ0) is 16.5. The van der Waals surface area contributed by atoms with E-state index in [4.69, 9.17) is 5.73 Å². The van der Waals surface area contributed by atoms with Crippen LogP contribution in [0.4, 0.5) is 5.00 Å². The van der Waals surface area contributed by atoms with Gasteiger partial charge < -0.3 is 5.73 Å². The maximum atomic E-state index is 12.4. The summed E-state index contributed by atoms with van der Waals surface area (Å²) in [4.78, 5) is 12.7. The van der Waals surface area contributed by atoms with Crippen LogP contribution in [0.25, 0.3) is 0 Å². The highest BCUT2D eigenvalue weighted by molar-refractivity contribution is 7.93. The summed E-state index contributed by atoms with van der Waals surface area (Å²) < 4.78 is 27.4. The maximum Gasteiger partial charge on any atom is 0.262 e. The number of amides is 1. The van der Waals surface area contributed by atoms with E-state index in [0.717, 1.165) is 16.0 Å². The van der Waals surface area contributed by atoms with E-state index in [9.17, 15) is 13.2 Å². The maximum absolute atomic E-state index is 12.4. The Morgan fingerprint density at radius 2 is 1.82 bits per heavy atom. The number of hydrogen-bond acceptors (Lipinski definition) is 4. The van der Waals surface area contributed by atoms with E-state index in [1.807, 2.05) is 20.8 Å². The molecule has 0 radical (unpaired) electrons. The minimum absolute atomic E-state index is 0.151. The first-order valence-electron chi connectivity index (χ1n) is 6.77. The van der Waals surface area contributed by atoms with Gasteiger partial charge in [-0.1, -0.05) is 24.6 Å². The summed E-state index contributed by atoms with van der Waals surface area (Å²) in [5.41, 5.74) is 7.44. The summed E-state index contributed by atoms with van der Waals surface area (Å²) in [6, 6.07) is 6.51. The van der Waals surface area contributed by atoms with Gasteiger partial charge in [-0.15, -0.1) is 11.3 Å². The number of thiophene rings is 1. The normalized spacial score (nSPS) is 11.4. The van der Waals surface area contributed by atoms with Crippen LogP contribution in [-0.4, -0.2) is 14.3 Å². The number of carbonyl (C=O) groups is 1. The smallest absolute Gasteiger partial charge is 0.262 e. The Labute approximate surface area is 134 Å². The van der Waals surface area contributed by atoms with Crippen LogP contribution in [0.5, 0.6) is 0 Å². The highest BCUT2D eigenvalue weighted by Crippen LogP contribution is 2.34. The molecule has 118 valence electrons. The molecule has 2 rings (SSSR count). The monoisotopic (exact) mass is 338 g/mol. The van der Waals surface area contributed by atoms with Gasteiger partial charge in [0.1, 0.15) is 5.00 Å². The molecule has 1 amide bonds. The van der Waals surface area contributed by atoms with Crippen molar-refractivity contribution < 1.29 is 13.2 Å².